The van der Waals surface area contributed by atoms with Crippen molar-refractivity contribution in [2.45, 2.75) is 39.8 Å². The lowest BCUT2D eigenvalue weighted by molar-refractivity contribution is 0.287. The molecule has 0 bridgehead atoms. The summed E-state index contributed by atoms with van der Waals surface area (Å²) in [5, 5.41) is 5.39. The molecular weight excluding hydrogens is 447 g/mol. The predicted octanol–water partition coefficient (Wildman–Crippen LogP) is 6.42. The molecule has 4 nitrogen and oxygen atoms in total. The summed E-state index contributed by atoms with van der Waals surface area (Å²) in [6.07, 6.45) is 1.83. The zero-order valence-corrected chi connectivity index (χ0v) is 20.4. The summed E-state index contributed by atoms with van der Waals surface area (Å²) in [5.74, 6) is 0.468. The van der Waals surface area contributed by atoms with E-state index in [0.29, 0.717) is 16.0 Å². The van der Waals surface area contributed by atoms with Crippen LogP contribution < -0.4 is 5.32 Å². The Morgan fingerprint density at radius 3 is 2.58 bits per heavy atom. The Hall–Kier alpha value is -2.08. The summed E-state index contributed by atoms with van der Waals surface area (Å²) >= 11 is 18.7. The highest BCUT2D eigenvalue weighted by atomic mass is 35.5. The second kappa shape index (κ2) is 8.81. The van der Waals surface area contributed by atoms with Gasteiger partial charge in [0.15, 0.2) is 5.11 Å². The number of halogens is 2. The van der Waals surface area contributed by atoms with E-state index < -0.39 is 0 Å². The van der Waals surface area contributed by atoms with Crippen LogP contribution in [0.3, 0.4) is 0 Å². The maximum absolute atomic E-state index is 6.58. The zero-order chi connectivity index (χ0) is 22.3. The number of thiocarbonyl (C=S) groups is 1. The third kappa shape index (κ3) is 4.07. The highest BCUT2D eigenvalue weighted by Gasteiger charge is 2.41. The molecular formula is C24H26Cl2N4S. The monoisotopic (exact) mass is 472 g/mol. The minimum absolute atomic E-state index is 0.0303. The first-order valence-corrected chi connectivity index (χ1v) is 11.6. The molecule has 2 atom stereocenters. The van der Waals surface area contributed by atoms with Crippen molar-refractivity contribution in [2.75, 3.05) is 6.54 Å². The number of rotatable bonds is 5. The summed E-state index contributed by atoms with van der Waals surface area (Å²) in [5.41, 5.74) is 5.28. The van der Waals surface area contributed by atoms with Crippen LogP contribution in [0.1, 0.15) is 48.6 Å². The van der Waals surface area contributed by atoms with Gasteiger partial charge in [0.1, 0.15) is 0 Å². The second-order valence-corrected chi connectivity index (χ2v) is 9.58. The maximum Gasteiger partial charge on any atom is 0.170 e. The fourth-order valence-electron chi connectivity index (χ4n) is 4.46. The van der Waals surface area contributed by atoms with Gasteiger partial charge in [-0.15, -0.1) is 0 Å². The second-order valence-electron chi connectivity index (χ2n) is 8.41. The Labute approximate surface area is 199 Å². The molecule has 0 aliphatic carbocycles. The van der Waals surface area contributed by atoms with Gasteiger partial charge in [0.25, 0.3) is 0 Å². The van der Waals surface area contributed by atoms with E-state index in [-0.39, 0.29) is 12.1 Å². The average Bonchev–Trinajstić information content (AvgIpc) is 3.20. The van der Waals surface area contributed by atoms with E-state index in [9.17, 15) is 0 Å². The van der Waals surface area contributed by atoms with Gasteiger partial charge in [-0.25, -0.2) is 0 Å². The van der Waals surface area contributed by atoms with Gasteiger partial charge in [-0.2, -0.15) is 0 Å². The van der Waals surface area contributed by atoms with Gasteiger partial charge < -0.3 is 14.8 Å². The Morgan fingerprint density at radius 1 is 1.13 bits per heavy atom. The van der Waals surface area contributed by atoms with E-state index in [1.165, 1.54) is 5.56 Å². The molecule has 1 aliphatic rings. The Balaban J connectivity index is 1.86. The van der Waals surface area contributed by atoms with Crippen LogP contribution in [-0.2, 0) is 0 Å². The van der Waals surface area contributed by atoms with E-state index in [4.69, 9.17) is 35.4 Å². The molecule has 7 heteroatoms. The number of hydrogen-bond donors (Lipinski definition) is 1. The first kappa shape index (κ1) is 22.1. The van der Waals surface area contributed by atoms with Gasteiger partial charge >= 0.3 is 0 Å². The summed E-state index contributed by atoms with van der Waals surface area (Å²) < 4.78 is 2.17. The van der Waals surface area contributed by atoms with E-state index in [1.807, 2.05) is 36.5 Å². The van der Waals surface area contributed by atoms with E-state index >= 15 is 0 Å². The smallest absolute Gasteiger partial charge is 0.170 e. The summed E-state index contributed by atoms with van der Waals surface area (Å²) in [4.78, 5) is 6.93. The molecule has 1 saturated heterocycles. The third-order valence-electron chi connectivity index (χ3n) is 5.72. The van der Waals surface area contributed by atoms with Crippen molar-refractivity contribution in [3.05, 3.63) is 81.4 Å². The molecule has 1 aliphatic heterocycles. The molecule has 1 N–H and O–H groups in total. The molecule has 31 heavy (non-hydrogen) atoms. The largest absolute Gasteiger partial charge is 0.352 e. The number of nitrogens with one attached hydrogen (secondary N) is 1. The number of nitrogens with zero attached hydrogens (tertiary/aromatic N) is 3. The normalized spacial score (nSPS) is 18.7. The standard InChI is InChI=1S/C24H26Cl2N4S/c1-14(2)13-29-23(22(28-24(29)31)19-9-5-6-11-27-19)17-12-15(3)30(16(17)4)20-10-7-8-18(25)21(20)26/h5-12,14,22-23H,13H2,1-4H3,(H,28,31)/t22-,23+/m1/s1. The number of benzene rings is 1. The zero-order valence-electron chi connectivity index (χ0n) is 18.1. The minimum Gasteiger partial charge on any atom is -0.352 e. The van der Waals surface area contributed by atoms with Gasteiger partial charge in [0.05, 0.1) is 33.5 Å². The lowest BCUT2D eigenvalue weighted by atomic mass is 9.96. The molecule has 1 fully saturated rings. The molecule has 0 amide bonds. The molecule has 0 radical (unpaired) electrons. The van der Waals surface area contributed by atoms with Crippen molar-refractivity contribution in [3.63, 3.8) is 0 Å². The van der Waals surface area contributed by atoms with E-state index in [2.05, 4.69) is 59.6 Å². The molecule has 3 heterocycles. The molecule has 0 spiro atoms. The van der Waals surface area contributed by atoms with Gasteiger partial charge in [-0.05, 0) is 67.9 Å². The van der Waals surface area contributed by atoms with Gasteiger partial charge in [0, 0.05) is 24.1 Å². The lowest BCUT2D eigenvalue weighted by Gasteiger charge is -2.29. The van der Waals surface area contributed by atoms with Crippen LogP contribution in [0.5, 0.6) is 0 Å². The van der Waals surface area contributed by atoms with E-state index in [1.54, 1.807) is 0 Å². The third-order valence-corrected chi connectivity index (χ3v) is 6.88. The number of aryl methyl sites for hydroxylation is 1. The first-order valence-electron chi connectivity index (χ1n) is 10.4. The number of pyridine rings is 1. The maximum atomic E-state index is 6.58. The first-order chi connectivity index (χ1) is 14.8. The Bertz CT molecular complexity index is 1110. The summed E-state index contributed by atoms with van der Waals surface area (Å²) in [7, 11) is 0. The number of aromatic nitrogens is 2. The predicted molar refractivity (Wildman–Crippen MR) is 132 cm³/mol. The van der Waals surface area contributed by atoms with Crippen molar-refractivity contribution < 1.29 is 0 Å². The molecule has 0 saturated carbocycles. The van der Waals surface area contributed by atoms with Crippen molar-refractivity contribution in [1.29, 1.82) is 0 Å². The fraction of sp³-hybridized carbons (Fsp3) is 0.333. The Kier molecular flexibility index (Phi) is 6.29. The lowest BCUT2D eigenvalue weighted by Crippen LogP contribution is -2.33. The van der Waals surface area contributed by atoms with Crippen LogP contribution in [0.15, 0.2) is 48.7 Å². The highest BCUT2D eigenvalue weighted by molar-refractivity contribution is 7.80. The minimum atomic E-state index is -0.0313. The van der Waals surface area contributed by atoms with E-state index in [0.717, 1.165) is 34.4 Å². The van der Waals surface area contributed by atoms with Gasteiger partial charge in [0.2, 0.25) is 0 Å². The molecule has 1 aromatic carbocycles. The van der Waals surface area contributed by atoms with Crippen molar-refractivity contribution in [1.82, 2.24) is 19.8 Å². The van der Waals surface area contributed by atoms with Crippen molar-refractivity contribution in [2.24, 2.45) is 5.92 Å². The SMILES string of the molecule is Cc1cc([C@H]2[C@@H](c3ccccn3)NC(=S)N2CC(C)C)c(C)n1-c1cccc(Cl)c1Cl. The quantitative estimate of drug-likeness (QED) is 0.434. The fourth-order valence-corrected chi connectivity index (χ4v) is 5.15. The van der Waals surface area contributed by atoms with Crippen LogP contribution in [-0.4, -0.2) is 26.1 Å². The van der Waals surface area contributed by atoms with Crippen LogP contribution >= 0.6 is 35.4 Å². The summed E-state index contributed by atoms with van der Waals surface area (Å²) in [6, 6.07) is 14.0. The average molecular weight is 473 g/mol. The van der Waals surface area contributed by atoms with Crippen LogP contribution in [0, 0.1) is 19.8 Å². The van der Waals surface area contributed by atoms with Crippen LogP contribution in [0.25, 0.3) is 5.69 Å². The number of hydrogen-bond acceptors (Lipinski definition) is 2. The van der Waals surface area contributed by atoms with Crippen molar-refractivity contribution >= 4 is 40.5 Å². The van der Waals surface area contributed by atoms with Crippen LogP contribution in [0.4, 0.5) is 0 Å². The molecule has 162 valence electrons. The van der Waals surface area contributed by atoms with Gasteiger partial charge in [-0.3, -0.25) is 4.98 Å². The molecule has 4 rings (SSSR count). The topological polar surface area (TPSA) is 33.1 Å². The molecule has 0 unspecified atom stereocenters. The summed E-state index contributed by atoms with van der Waals surface area (Å²) in [6.45, 7) is 9.51. The van der Waals surface area contributed by atoms with Crippen LogP contribution in [0.2, 0.25) is 10.0 Å². The molecule has 2 aromatic heterocycles. The van der Waals surface area contributed by atoms with Gasteiger partial charge in [-0.1, -0.05) is 49.2 Å². The molecule has 3 aromatic rings. The van der Waals surface area contributed by atoms with Crippen molar-refractivity contribution in [3.8, 4) is 5.69 Å². The highest BCUT2D eigenvalue weighted by Crippen LogP contribution is 2.42. The Morgan fingerprint density at radius 2 is 1.90 bits per heavy atom.